The predicted octanol–water partition coefficient (Wildman–Crippen LogP) is 4.64. The SMILES string of the molecule is CNc1cc2nc(C)c(-c3cccc(NS(=O)(=O)c4cc(Cl)cnc4OC)c3F)cc2cn1. The van der Waals surface area contributed by atoms with E-state index in [1.54, 1.807) is 44.4 Å². The molecule has 0 saturated heterocycles. The summed E-state index contributed by atoms with van der Waals surface area (Å²) in [6, 6.07) is 9.17. The maximum atomic E-state index is 15.5. The first kappa shape index (κ1) is 22.7. The van der Waals surface area contributed by atoms with Crippen molar-refractivity contribution in [2.45, 2.75) is 11.8 Å². The third-order valence-electron chi connectivity index (χ3n) is 4.95. The van der Waals surface area contributed by atoms with Crippen LogP contribution < -0.4 is 14.8 Å². The van der Waals surface area contributed by atoms with Gasteiger partial charge in [-0.2, -0.15) is 0 Å². The quantitative estimate of drug-likeness (QED) is 0.408. The van der Waals surface area contributed by atoms with Crippen LogP contribution >= 0.6 is 11.6 Å². The molecule has 0 fully saturated rings. The first-order valence-corrected chi connectivity index (χ1v) is 11.6. The van der Waals surface area contributed by atoms with Crippen LogP contribution in [0.4, 0.5) is 15.9 Å². The molecule has 0 bridgehead atoms. The van der Waals surface area contributed by atoms with E-state index in [-0.39, 0.29) is 27.0 Å². The van der Waals surface area contributed by atoms with Gasteiger partial charge in [-0.15, -0.1) is 0 Å². The van der Waals surface area contributed by atoms with Crippen LogP contribution in [0.15, 0.2) is 53.7 Å². The third kappa shape index (κ3) is 4.39. The second kappa shape index (κ2) is 8.80. The van der Waals surface area contributed by atoms with Crippen LogP contribution in [0, 0.1) is 12.7 Å². The molecule has 1 aromatic carbocycles. The van der Waals surface area contributed by atoms with Crippen LogP contribution in [-0.2, 0) is 10.0 Å². The molecular formula is C22H19ClFN5O3S. The average molecular weight is 488 g/mol. The lowest BCUT2D eigenvalue weighted by Crippen LogP contribution is -2.16. The molecule has 8 nitrogen and oxygen atoms in total. The van der Waals surface area contributed by atoms with Crippen LogP contribution in [-0.4, -0.2) is 37.5 Å². The number of fused-ring (bicyclic) bond motifs is 1. The number of aryl methyl sites for hydroxylation is 1. The van der Waals surface area contributed by atoms with Crippen LogP contribution in [0.1, 0.15) is 5.69 Å². The Balaban J connectivity index is 1.78. The molecule has 0 radical (unpaired) electrons. The average Bonchev–Trinajstić information content (AvgIpc) is 2.79. The van der Waals surface area contributed by atoms with Crippen LogP contribution in [0.2, 0.25) is 5.02 Å². The van der Waals surface area contributed by atoms with Crippen molar-refractivity contribution < 1.29 is 17.5 Å². The maximum absolute atomic E-state index is 15.5. The molecule has 0 atom stereocenters. The number of anilines is 2. The van der Waals surface area contributed by atoms with Crippen molar-refractivity contribution in [3.8, 4) is 17.0 Å². The van der Waals surface area contributed by atoms with Gasteiger partial charge >= 0.3 is 0 Å². The van der Waals surface area contributed by atoms with E-state index in [2.05, 4.69) is 25.0 Å². The number of nitrogens with zero attached hydrogens (tertiary/aromatic N) is 3. The fraction of sp³-hybridized carbons (Fsp3) is 0.136. The molecule has 11 heteroatoms. The summed E-state index contributed by atoms with van der Waals surface area (Å²) in [5, 5.41) is 3.76. The summed E-state index contributed by atoms with van der Waals surface area (Å²) in [6.07, 6.45) is 2.89. The predicted molar refractivity (Wildman–Crippen MR) is 126 cm³/mol. The number of ether oxygens (including phenoxy) is 1. The van der Waals surface area contributed by atoms with Gasteiger partial charge in [0.15, 0.2) is 10.7 Å². The van der Waals surface area contributed by atoms with Gasteiger partial charge in [0.1, 0.15) is 5.82 Å². The summed E-state index contributed by atoms with van der Waals surface area (Å²) in [4.78, 5) is 12.4. The second-order valence-electron chi connectivity index (χ2n) is 7.07. The molecule has 0 aliphatic carbocycles. The lowest BCUT2D eigenvalue weighted by molar-refractivity contribution is 0.385. The largest absolute Gasteiger partial charge is 0.480 e. The molecule has 0 saturated carbocycles. The van der Waals surface area contributed by atoms with E-state index < -0.39 is 15.8 Å². The van der Waals surface area contributed by atoms with E-state index in [1.165, 1.54) is 25.4 Å². The van der Waals surface area contributed by atoms with Crippen molar-refractivity contribution in [3.05, 3.63) is 65.3 Å². The normalized spacial score (nSPS) is 11.4. The van der Waals surface area contributed by atoms with Crippen molar-refractivity contribution in [2.75, 3.05) is 24.2 Å². The highest BCUT2D eigenvalue weighted by Crippen LogP contribution is 2.33. The Kier molecular flexibility index (Phi) is 6.05. The number of methoxy groups -OCH3 is 1. The summed E-state index contributed by atoms with van der Waals surface area (Å²) < 4.78 is 48.7. The molecule has 33 heavy (non-hydrogen) atoms. The lowest BCUT2D eigenvalue weighted by Gasteiger charge is -2.14. The first-order chi connectivity index (χ1) is 15.7. The van der Waals surface area contributed by atoms with Gasteiger partial charge in [0.25, 0.3) is 10.0 Å². The minimum Gasteiger partial charge on any atom is -0.480 e. The molecule has 2 N–H and O–H groups in total. The summed E-state index contributed by atoms with van der Waals surface area (Å²) >= 11 is 5.90. The van der Waals surface area contributed by atoms with Crippen LogP contribution in [0.25, 0.3) is 22.0 Å². The zero-order valence-corrected chi connectivity index (χ0v) is 19.4. The van der Waals surface area contributed by atoms with Crippen molar-refractivity contribution in [2.24, 2.45) is 0 Å². The number of hydrogen-bond acceptors (Lipinski definition) is 7. The molecule has 170 valence electrons. The number of aromatic nitrogens is 3. The molecule has 0 aliphatic heterocycles. The molecule has 3 aromatic heterocycles. The summed E-state index contributed by atoms with van der Waals surface area (Å²) in [6.45, 7) is 1.76. The Morgan fingerprint density at radius 1 is 1.09 bits per heavy atom. The van der Waals surface area contributed by atoms with Gasteiger partial charge in [-0.05, 0) is 25.1 Å². The molecule has 0 aliphatic rings. The fourth-order valence-electron chi connectivity index (χ4n) is 3.35. The maximum Gasteiger partial charge on any atom is 0.267 e. The van der Waals surface area contributed by atoms with Gasteiger partial charge in [-0.1, -0.05) is 23.7 Å². The van der Waals surface area contributed by atoms with E-state index in [4.69, 9.17) is 16.3 Å². The molecule has 4 rings (SSSR count). The van der Waals surface area contributed by atoms with Gasteiger partial charge in [-0.25, -0.2) is 22.8 Å². The van der Waals surface area contributed by atoms with E-state index in [0.717, 1.165) is 5.39 Å². The topological polar surface area (TPSA) is 106 Å². The van der Waals surface area contributed by atoms with Gasteiger partial charge < -0.3 is 10.1 Å². The minimum atomic E-state index is -4.25. The Morgan fingerprint density at radius 3 is 2.61 bits per heavy atom. The Morgan fingerprint density at radius 2 is 1.88 bits per heavy atom. The second-order valence-corrected chi connectivity index (χ2v) is 9.15. The van der Waals surface area contributed by atoms with Crippen molar-refractivity contribution in [1.29, 1.82) is 0 Å². The smallest absolute Gasteiger partial charge is 0.267 e. The van der Waals surface area contributed by atoms with Crippen LogP contribution in [0.3, 0.4) is 0 Å². The summed E-state index contributed by atoms with van der Waals surface area (Å²) in [7, 11) is -1.21. The highest BCUT2D eigenvalue weighted by atomic mass is 35.5. The minimum absolute atomic E-state index is 0.0956. The number of rotatable bonds is 6. The number of benzene rings is 1. The standard InChI is InChI=1S/C22H19ClFN5O3S/c1-12-16(7-13-10-26-20(25-2)9-18(13)28-12)15-5-4-6-17(21(15)24)29-33(30,31)19-8-14(23)11-27-22(19)32-3/h4-11,29H,1-3H3,(H,25,26). The number of nitrogens with one attached hydrogen (secondary N) is 2. The summed E-state index contributed by atoms with van der Waals surface area (Å²) in [5.41, 5.74) is 1.75. The van der Waals surface area contributed by atoms with E-state index in [0.29, 0.717) is 22.6 Å². The van der Waals surface area contributed by atoms with Crippen molar-refractivity contribution in [3.63, 3.8) is 0 Å². The number of hydrogen-bond donors (Lipinski definition) is 2. The van der Waals surface area contributed by atoms with E-state index in [9.17, 15) is 8.42 Å². The lowest BCUT2D eigenvalue weighted by atomic mass is 10.0. The monoisotopic (exact) mass is 487 g/mol. The number of sulfonamides is 1. The number of pyridine rings is 3. The van der Waals surface area contributed by atoms with Gasteiger partial charge in [0.05, 0.1) is 23.3 Å². The highest BCUT2D eigenvalue weighted by Gasteiger charge is 2.24. The molecule has 3 heterocycles. The summed E-state index contributed by atoms with van der Waals surface area (Å²) in [5.74, 6) is -0.249. The Bertz CT molecular complexity index is 1480. The molecule has 0 spiro atoms. The number of halogens is 2. The molecule has 0 unspecified atom stereocenters. The van der Waals surface area contributed by atoms with E-state index >= 15 is 4.39 Å². The molecule has 0 amide bonds. The fourth-order valence-corrected chi connectivity index (χ4v) is 4.77. The zero-order valence-electron chi connectivity index (χ0n) is 17.8. The van der Waals surface area contributed by atoms with Crippen molar-refractivity contribution in [1.82, 2.24) is 15.0 Å². The van der Waals surface area contributed by atoms with E-state index in [1.807, 2.05) is 0 Å². The van der Waals surface area contributed by atoms with Crippen LogP contribution in [0.5, 0.6) is 5.88 Å². The Hall–Kier alpha value is -3.50. The molecular weight excluding hydrogens is 469 g/mol. The van der Waals surface area contributed by atoms with Gasteiger partial charge in [0, 0.05) is 47.7 Å². The third-order valence-corrected chi connectivity index (χ3v) is 6.51. The highest BCUT2D eigenvalue weighted by molar-refractivity contribution is 7.92. The van der Waals surface area contributed by atoms with Crippen molar-refractivity contribution >= 4 is 44.0 Å². The molecule has 4 aromatic rings. The Labute approximate surface area is 194 Å². The van der Waals surface area contributed by atoms with Gasteiger partial charge in [0.2, 0.25) is 5.88 Å². The first-order valence-electron chi connectivity index (χ1n) is 9.70. The van der Waals surface area contributed by atoms with Gasteiger partial charge in [-0.3, -0.25) is 9.71 Å². The zero-order chi connectivity index (χ0) is 23.8.